The monoisotopic (exact) mass is 508 g/mol. The summed E-state index contributed by atoms with van der Waals surface area (Å²) in [5.41, 5.74) is 2.32. The molecular formula is C28H40N6O3. The molecule has 9 heteroatoms. The molecule has 37 heavy (non-hydrogen) atoms. The third kappa shape index (κ3) is 5.34. The number of ether oxygens (including phenoxy) is 1. The lowest BCUT2D eigenvalue weighted by Gasteiger charge is -2.49. The Morgan fingerprint density at radius 1 is 0.946 bits per heavy atom. The highest BCUT2D eigenvalue weighted by Gasteiger charge is 2.38. The third-order valence-corrected chi connectivity index (χ3v) is 9.01. The Kier molecular flexibility index (Phi) is 7.08. The minimum absolute atomic E-state index is 0.0647. The molecule has 1 aromatic carbocycles. The Morgan fingerprint density at radius 2 is 1.65 bits per heavy atom. The molecule has 7 rings (SSSR count). The molecule has 0 radical (unpaired) electrons. The van der Waals surface area contributed by atoms with E-state index in [9.17, 15) is 9.59 Å². The Morgan fingerprint density at radius 3 is 2.32 bits per heavy atom. The Labute approximate surface area is 219 Å². The predicted molar refractivity (Wildman–Crippen MR) is 143 cm³/mol. The Balaban J connectivity index is 1.17. The lowest BCUT2D eigenvalue weighted by Crippen LogP contribution is -2.61. The zero-order valence-electron chi connectivity index (χ0n) is 21.9. The zero-order chi connectivity index (χ0) is 25.4. The van der Waals surface area contributed by atoms with Crippen molar-refractivity contribution in [1.82, 2.24) is 20.4 Å². The van der Waals surface area contributed by atoms with Crippen LogP contribution in [0.2, 0.25) is 0 Å². The summed E-state index contributed by atoms with van der Waals surface area (Å²) in [7, 11) is 2.21. The van der Waals surface area contributed by atoms with E-state index < -0.39 is 6.04 Å². The van der Waals surface area contributed by atoms with Crippen LogP contribution in [0.15, 0.2) is 23.2 Å². The van der Waals surface area contributed by atoms with E-state index in [1.165, 1.54) is 25.7 Å². The average molecular weight is 509 g/mol. The fourth-order valence-corrected chi connectivity index (χ4v) is 6.83. The van der Waals surface area contributed by atoms with Crippen LogP contribution in [-0.4, -0.2) is 78.7 Å². The van der Waals surface area contributed by atoms with Crippen molar-refractivity contribution in [3.63, 3.8) is 0 Å². The lowest BCUT2D eigenvalue weighted by molar-refractivity contribution is -0.123. The molecule has 0 aromatic heterocycles. The maximum absolute atomic E-state index is 13.2. The summed E-state index contributed by atoms with van der Waals surface area (Å²) >= 11 is 0. The molecule has 4 heterocycles. The summed E-state index contributed by atoms with van der Waals surface area (Å²) in [6, 6.07) is 6.42. The standard InChI is InChI=1S/C28H40N6O3/c1-33-15-22-12-11-21(33)16-34(22)17-37-27-24-14-20(31-28(36)30-19-8-4-5-9-19)10-13-23(24)25(32-27)26(35)29-18-6-2-3-7-18/h10,13-14,18-19,21-22,25H,2-9,11-12,15-17H2,1H3,(H,29,35)(H2,30,31,36). The summed E-state index contributed by atoms with van der Waals surface area (Å²) in [6.45, 7) is 2.52. The van der Waals surface area contributed by atoms with Crippen molar-refractivity contribution in [1.29, 1.82) is 0 Å². The topological polar surface area (TPSA) is 98.3 Å². The van der Waals surface area contributed by atoms with Crippen molar-refractivity contribution in [2.75, 3.05) is 32.2 Å². The summed E-state index contributed by atoms with van der Waals surface area (Å²) in [4.78, 5) is 35.5. The molecular weight excluding hydrogens is 468 g/mol. The van der Waals surface area contributed by atoms with E-state index in [1.807, 2.05) is 18.2 Å². The number of nitrogens with one attached hydrogen (secondary N) is 3. The normalized spacial score (nSPS) is 28.2. The molecule has 2 aliphatic carbocycles. The smallest absolute Gasteiger partial charge is 0.319 e. The van der Waals surface area contributed by atoms with Crippen LogP contribution in [0.3, 0.4) is 0 Å². The van der Waals surface area contributed by atoms with Crippen molar-refractivity contribution in [3.05, 3.63) is 29.3 Å². The highest BCUT2D eigenvalue weighted by Crippen LogP contribution is 2.34. The number of piperidine rings is 2. The van der Waals surface area contributed by atoms with Crippen molar-refractivity contribution in [2.24, 2.45) is 4.99 Å². The molecule has 6 aliphatic rings. The van der Waals surface area contributed by atoms with E-state index in [0.29, 0.717) is 30.4 Å². The van der Waals surface area contributed by atoms with Gasteiger partial charge in [0.1, 0.15) is 6.73 Å². The average Bonchev–Trinajstić information content (AvgIpc) is 3.65. The maximum atomic E-state index is 13.2. The van der Waals surface area contributed by atoms with Gasteiger partial charge >= 0.3 is 6.03 Å². The molecule has 4 aliphatic heterocycles. The van der Waals surface area contributed by atoms with Gasteiger partial charge < -0.3 is 25.6 Å². The summed E-state index contributed by atoms with van der Waals surface area (Å²) < 4.78 is 6.32. The first kappa shape index (κ1) is 24.7. The number of hydrogen-bond donors (Lipinski definition) is 3. The second-order valence-electron chi connectivity index (χ2n) is 11.6. The van der Waals surface area contributed by atoms with Gasteiger partial charge in [0.05, 0.1) is 0 Å². The molecule has 5 fully saturated rings. The number of urea groups is 1. The van der Waals surface area contributed by atoms with Crippen LogP contribution < -0.4 is 16.0 Å². The molecule has 3 atom stereocenters. The number of rotatable bonds is 6. The first-order valence-electron chi connectivity index (χ1n) is 14.2. The van der Waals surface area contributed by atoms with Gasteiger partial charge in [0.2, 0.25) is 11.8 Å². The number of fused-ring (bicyclic) bond motifs is 4. The number of likely N-dealkylation sites (N-methyl/N-ethyl adjacent to an activating group) is 1. The molecule has 200 valence electrons. The van der Waals surface area contributed by atoms with Crippen LogP contribution in [-0.2, 0) is 9.53 Å². The van der Waals surface area contributed by atoms with Gasteiger partial charge in [0.15, 0.2) is 6.04 Å². The first-order chi connectivity index (χ1) is 18.0. The number of aliphatic imine (C=N–C) groups is 1. The van der Waals surface area contributed by atoms with E-state index in [2.05, 4.69) is 32.8 Å². The quantitative estimate of drug-likeness (QED) is 0.547. The van der Waals surface area contributed by atoms with E-state index in [4.69, 9.17) is 9.73 Å². The number of piperazine rings is 1. The number of carbonyl (C=O) groups excluding carboxylic acids is 2. The summed E-state index contributed by atoms with van der Waals surface area (Å²) in [5, 5.41) is 9.26. The molecule has 3 N–H and O–H groups in total. The van der Waals surface area contributed by atoms with Gasteiger partial charge in [-0.3, -0.25) is 9.69 Å². The summed E-state index contributed by atoms with van der Waals surface area (Å²) in [6.07, 6.45) is 11.2. The second kappa shape index (κ2) is 10.6. The second-order valence-corrected chi connectivity index (χ2v) is 11.6. The Bertz CT molecular complexity index is 1050. The number of carbonyl (C=O) groups is 2. The van der Waals surface area contributed by atoms with E-state index in [1.54, 1.807) is 0 Å². The van der Waals surface area contributed by atoms with Crippen molar-refractivity contribution in [2.45, 2.75) is 94.4 Å². The molecule has 2 bridgehead atoms. The molecule has 3 saturated heterocycles. The molecule has 2 saturated carbocycles. The van der Waals surface area contributed by atoms with Crippen molar-refractivity contribution in [3.8, 4) is 0 Å². The van der Waals surface area contributed by atoms with Crippen LogP contribution >= 0.6 is 0 Å². The van der Waals surface area contributed by atoms with Gasteiger partial charge in [0.25, 0.3) is 0 Å². The van der Waals surface area contributed by atoms with Crippen LogP contribution in [0.25, 0.3) is 0 Å². The van der Waals surface area contributed by atoms with E-state index in [-0.39, 0.29) is 24.0 Å². The molecule has 1 aromatic rings. The van der Waals surface area contributed by atoms with Gasteiger partial charge in [-0.05, 0) is 63.3 Å². The lowest BCUT2D eigenvalue weighted by atomic mass is 9.92. The fraction of sp³-hybridized carbons (Fsp3) is 0.679. The van der Waals surface area contributed by atoms with Crippen LogP contribution in [0.4, 0.5) is 10.5 Å². The maximum Gasteiger partial charge on any atom is 0.319 e. The van der Waals surface area contributed by atoms with Gasteiger partial charge in [-0.1, -0.05) is 31.7 Å². The number of benzene rings is 1. The molecule has 9 nitrogen and oxygen atoms in total. The van der Waals surface area contributed by atoms with Crippen LogP contribution in [0, 0.1) is 0 Å². The Hall–Kier alpha value is -2.65. The number of hydrogen-bond acceptors (Lipinski definition) is 6. The minimum Gasteiger partial charge on any atom is -0.461 e. The number of anilines is 1. The molecule has 3 unspecified atom stereocenters. The fourth-order valence-electron chi connectivity index (χ4n) is 6.83. The SMILES string of the molecule is CN1CC2CCC1CN2COC1=NC(C(=O)NC2CCCC2)c2ccc(NC(=O)NC3CCCC3)cc21. The van der Waals surface area contributed by atoms with Gasteiger partial charge in [-0.25, -0.2) is 9.79 Å². The molecule has 3 amide bonds. The molecule has 0 spiro atoms. The van der Waals surface area contributed by atoms with Gasteiger partial charge in [0, 0.05) is 48.5 Å². The van der Waals surface area contributed by atoms with E-state index in [0.717, 1.165) is 62.7 Å². The first-order valence-corrected chi connectivity index (χ1v) is 14.2. The number of amides is 3. The highest BCUT2D eigenvalue weighted by molar-refractivity contribution is 6.04. The van der Waals surface area contributed by atoms with Gasteiger partial charge in [-0.2, -0.15) is 0 Å². The largest absolute Gasteiger partial charge is 0.461 e. The zero-order valence-corrected chi connectivity index (χ0v) is 21.9. The summed E-state index contributed by atoms with van der Waals surface area (Å²) in [5.74, 6) is 0.432. The minimum atomic E-state index is -0.615. The van der Waals surface area contributed by atoms with Crippen LogP contribution in [0.5, 0.6) is 0 Å². The highest BCUT2D eigenvalue weighted by atomic mass is 16.5. The van der Waals surface area contributed by atoms with Gasteiger partial charge in [-0.15, -0.1) is 0 Å². The number of nitrogens with zero attached hydrogens (tertiary/aromatic N) is 3. The van der Waals surface area contributed by atoms with Crippen LogP contribution in [0.1, 0.15) is 81.4 Å². The predicted octanol–water partition coefficient (Wildman–Crippen LogP) is 3.36. The van der Waals surface area contributed by atoms with Crippen molar-refractivity contribution >= 4 is 23.5 Å². The van der Waals surface area contributed by atoms with Crippen molar-refractivity contribution < 1.29 is 14.3 Å². The van der Waals surface area contributed by atoms with E-state index >= 15 is 0 Å². The third-order valence-electron chi connectivity index (χ3n) is 9.01.